The molecule has 4 nitrogen and oxygen atoms in total. The predicted molar refractivity (Wildman–Crippen MR) is 69.1 cm³/mol. The van der Waals surface area contributed by atoms with Crippen molar-refractivity contribution in [2.45, 2.75) is 13.3 Å². The molecule has 1 N–H and O–H groups in total. The van der Waals surface area contributed by atoms with E-state index in [4.69, 9.17) is 14.2 Å². The third kappa shape index (κ3) is 4.95. The maximum absolute atomic E-state index is 5.39. The Morgan fingerprint density at radius 1 is 1.00 bits per heavy atom. The molecule has 4 heteroatoms. The van der Waals surface area contributed by atoms with Crippen LogP contribution in [0.5, 0.6) is 11.5 Å². The minimum Gasteiger partial charge on any atom is -0.497 e. The number of hydrogen-bond acceptors (Lipinski definition) is 4. The highest BCUT2D eigenvalue weighted by Gasteiger charge is 2.00. The van der Waals surface area contributed by atoms with Gasteiger partial charge in [0.05, 0.1) is 20.8 Å². The number of benzene rings is 1. The molecule has 0 aliphatic heterocycles. The molecule has 0 aliphatic rings. The maximum Gasteiger partial charge on any atom is 0.124 e. The van der Waals surface area contributed by atoms with E-state index in [1.165, 1.54) is 0 Å². The summed E-state index contributed by atoms with van der Waals surface area (Å²) in [6.07, 6.45) is 1.05. The van der Waals surface area contributed by atoms with Crippen LogP contribution in [0.25, 0.3) is 0 Å². The summed E-state index contributed by atoms with van der Waals surface area (Å²) in [5.74, 6) is 1.56. The van der Waals surface area contributed by atoms with E-state index in [2.05, 4.69) is 12.2 Å². The number of nitrogens with one attached hydrogen (secondary N) is 1. The minimum absolute atomic E-state index is 0.702. The van der Waals surface area contributed by atoms with E-state index in [1.807, 2.05) is 18.2 Å². The first-order valence-corrected chi connectivity index (χ1v) is 5.84. The molecule has 96 valence electrons. The third-order valence-electron chi connectivity index (χ3n) is 2.28. The summed E-state index contributed by atoms with van der Waals surface area (Å²) in [4.78, 5) is 0. The van der Waals surface area contributed by atoms with Gasteiger partial charge in [-0.25, -0.2) is 0 Å². The Bertz CT molecular complexity index is 306. The molecule has 0 unspecified atom stereocenters. The monoisotopic (exact) mass is 239 g/mol. The molecular formula is C13H21NO3. The molecule has 0 saturated heterocycles. The Morgan fingerprint density at radius 2 is 1.65 bits per heavy atom. The van der Waals surface area contributed by atoms with Crippen LogP contribution in [0.2, 0.25) is 0 Å². The number of ether oxygens (including phenoxy) is 3. The van der Waals surface area contributed by atoms with Gasteiger partial charge in [-0.3, -0.25) is 0 Å². The molecule has 0 aromatic heterocycles. The van der Waals surface area contributed by atoms with Gasteiger partial charge in [0.15, 0.2) is 0 Å². The van der Waals surface area contributed by atoms with Crippen molar-refractivity contribution in [1.82, 2.24) is 0 Å². The third-order valence-corrected chi connectivity index (χ3v) is 2.28. The van der Waals surface area contributed by atoms with Crippen LogP contribution < -0.4 is 14.8 Å². The zero-order valence-electron chi connectivity index (χ0n) is 10.8. The minimum atomic E-state index is 0.702. The van der Waals surface area contributed by atoms with Gasteiger partial charge < -0.3 is 19.5 Å². The van der Waals surface area contributed by atoms with Gasteiger partial charge in [-0.05, 0) is 6.42 Å². The first kappa shape index (κ1) is 13.6. The van der Waals surface area contributed by atoms with Gasteiger partial charge in [-0.2, -0.15) is 0 Å². The molecular weight excluding hydrogens is 218 g/mol. The summed E-state index contributed by atoms with van der Waals surface area (Å²) in [5, 5.41) is 3.27. The van der Waals surface area contributed by atoms with Crippen LogP contribution in [0.15, 0.2) is 18.2 Å². The summed E-state index contributed by atoms with van der Waals surface area (Å²) in [5.41, 5.74) is 0.973. The molecule has 0 aliphatic carbocycles. The molecule has 0 bridgehead atoms. The van der Waals surface area contributed by atoms with Crippen LogP contribution in [-0.2, 0) is 4.74 Å². The van der Waals surface area contributed by atoms with Crippen LogP contribution in [0, 0.1) is 0 Å². The highest BCUT2D eigenvalue weighted by molar-refractivity contribution is 5.53. The number of methoxy groups -OCH3 is 2. The van der Waals surface area contributed by atoms with Crippen LogP contribution in [0.1, 0.15) is 13.3 Å². The second-order valence-corrected chi connectivity index (χ2v) is 3.64. The Labute approximate surface area is 103 Å². The van der Waals surface area contributed by atoms with E-state index in [0.29, 0.717) is 6.61 Å². The van der Waals surface area contributed by atoms with Crippen molar-refractivity contribution in [3.05, 3.63) is 18.2 Å². The number of anilines is 1. The molecule has 0 heterocycles. The molecule has 1 aromatic carbocycles. The van der Waals surface area contributed by atoms with Crippen molar-refractivity contribution in [2.24, 2.45) is 0 Å². The summed E-state index contributed by atoms with van der Waals surface area (Å²) in [6, 6.07) is 5.71. The van der Waals surface area contributed by atoms with Crippen molar-refractivity contribution in [1.29, 1.82) is 0 Å². The molecule has 0 saturated carbocycles. The fourth-order valence-corrected chi connectivity index (χ4v) is 1.42. The smallest absolute Gasteiger partial charge is 0.124 e. The summed E-state index contributed by atoms with van der Waals surface area (Å²) in [6.45, 7) is 4.38. The van der Waals surface area contributed by atoms with Crippen molar-refractivity contribution in [3.8, 4) is 11.5 Å². The molecule has 1 aromatic rings. The summed E-state index contributed by atoms with van der Waals surface area (Å²) >= 11 is 0. The summed E-state index contributed by atoms with van der Waals surface area (Å²) in [7, 11) is 3.28. The average molecular weight is 239 g/mol. The van der Waals surface area contributed by atoms with Gasteiger partial charge in [-0.15, -0.1) is 0 Å². The van der Waals surface area contributed by atoms with Crippen LogP contribution in [-0.4, -0.2) is 34.0 Å². The molecule has 0 spiro atoms. The summed E-state index contributed by atoms with van der Waals surface area (Å²) < 4.78 is 15.8. The number of hydrogen-bond donors (Lipinski definition) is 1. The molecule has 0 radical (unpaired) electrons. The van der Waals surface area contributed by atoms with E-state index >= 15 is 0 Å². The largest absolute Gasteiger partial charge is 0.497 e. The fourth-order valence-electron chi connectivity index (χ4n) is 1.42. The zero-order chi connectivity index (χ0) is 12.5. The normalized spacial score (nSPS) is 10.1. The highest BCUT2D eigenvalue weighted by atomic mass is 16.5. The zero-order valence-corrected chi connectivity index (χ0v) is 10.8. The van der Waals surface area contributed by atoms with Crippen LogP contribution in [0.4, 0.5) is 5.69 Å². The van der Waals surface area contributed by atoms with Gasteiger partial charge >= 0.3 is 0 Å². The van der Waals surface area contributed by atoms with Gasteiger partial charge in [-0.1, -0.05) is 6.92 Å². The van der Waals surface area contributed by atoms with Gasteiger partial charge in [0.2, 0.25) is 0 Å². The molecule has 17 heavy (non-hydrogen) atoms. The lowest BCUT2D eigenvalue weighted by Crippen LogP contribution is -2.09. The Balaban J connectivity index is 2.46. The number of rotatable bonds is 8. The standard InChI is InChI=1S/C13H21NO3/c1-4-6-17-7-5-14-11-8-12(15-2)10-13(9-11)16-3/h8-10,14H,4-7H2,1-3H3. The Morgan fingerprint density at radius 3 is 2.18 bits per heavy atom. The highest BCUT2D eigenvalue weighted by Crippen LogP contribution is 2.25. The SMILES string of the molecule is CCCOCCNc1cc(OC)cc(OC)c1. The maximum atomic E-state index is 5.39. The van der Waals surface area contributed by atoms with E-state index in [9.17, 15) is 0 Å². The first-order chi connectivity index (χ1) is 8.30. The molecule has 0 fully saturated rings. The van der Waals surface area contributed by atoms with Crippen molar-refractivity contribution in [3.63, 3.8) is 0 Å². The second kappa shape index (κ2) is 7.79. The second-order valence-electron chi connectivity index (χ2n) is 3.64. The molecule has 0 amide bonds. The Kier molecular flexibility index (Phi) is 6.25. The van der Waals surface area contributed by atoms with Crippen molar-refractivity contribution >= 4 is 5.69 Å². The van der Waals surface area contributed by atoms with E-state index < -0.39 is 0 Å². The lowest BCUT2D eigenvalue weighted by molar-refractivity contribution is 0.144. The average Bonchev–Trinajstić information content (AvgIpc) is 2.38. The van der Waals surface area contributed by atoms with E-state index in [1.54, 1.807) is 14.2 Å². The lowest BCUT2D eigenvalue weighted by Gasteiger charge is -2.10. The Hall–Kier alpha value is -1.42. The van der Waals surface area contributed by atoms with E-state index in [-0.39, 0.29) is 0 Å². The molecule has 0 atom stereocenters. The van der Waals surface area contributed by atoms with Gasteiger partial charge in [0.25, 0.3) is 0 Å². The van der Waals surface area contributed by atoms with Gasteiger partial charge in [0, 0.05) is 37.0 Å². The fraction of sp³-hybridized carbons (Fsp3) is 0.538. The lowest BCUT2D eigenvalue weighted by atomic mass is 10.2. The topological polar surface area (TPSA) is 39.7 Å². The first-order valence-electron chi connectivity index (χ1n) is 5.84. The van der Waals surface area contributed by atoms with Crippen LogP contribution in [0.3, 0.4) is 0 Å². The van der Waals surface area contributed by atoms with E-state index in [0.717, 1.165) is 36.8 Å². The van der Waals surface area contributed by atoms with Crippen LogP contribution >= 0.6 is 0 Å². The predicted octanol–water partition coefficient (Wildman–Crippen LogP) is 2.54. The van der Waals surface area contributed by atoms with Crippen molar-refractivity contribution < 1.29 is 14.2 Å². The van der Waals surface area contributed by atoms with Crippen molar-refractivity contribution in [2.75, 3.05) is 39.3 Å². The quantitative estimate of drug-likeness (QED) is 0.708. The van der Waals surface area contributed by atoms with Gasteiger partial charge in [0.1, 0.15) is 11.5 Å². The molecule has 1 rings (SSSR count).